The maximum absolute atomic E-state index is 12.8. The lowest BCUT2D eigenvalue weighted by molar-refractivity contribution is -0.137. The highest BCUT2D eigenvalue weighted by molar-refractivity contribution is 6.23. The van der Waals surface area contributed by atoms with Gasteiger partial charge in [0.1, 0.15) is 5.76 Å². The molecule has 1 amide bonds. The zero-order valence-corrected chi connectivity index (χ0v) is 14.2. The monoisotopic (exact) mass is 371 g/mol. The third kappa shape index (κ3) is 4.88. The van der Waals surface area contributed by atoms with Gasteiger partial charge in [0.2, 0.25) is 0 Å². The van der Waals surface area contributed by atoms with Gasteiger partial charge in [0.15, 0.2) is 0 Å². The molecule has 1 aromatic heterocycles. The second kappa shape index (κ2) is 7.95. The molecule has 0 aliphatic rings. The van der Waals surface area contributed by atoms with Crippen LogP contribution in [0.3, 0.4) is 0 Å². The summed E-state index contributed by atoms with van der Waals surface area (Å²) in [6, 6.07) is 17.3. The number of halogens is 3. The highest BCUT2D eigenvalue weighted by Crippen LogP contribution is 2.29. The van der Waals surface area contributed by atoms with Gasteiger partial charge in [-0.2, -0.15) is 13.2 Å². The zero-order valence-electron chi connectivity index (χ0n) is 14.2. The van der Waals surface area contributed by atoms with Crippen molar-refractivity contribution >= 4 is 17.6 Å². The van der Waals surface area contributed by atoms with Crippen molar-refractivity contribution in [1.29, 1.82) is 0 Å². The molecule has 3 nitrogen and oxygen atoms in total. The first-order valence-corrected chi connectivity index (χ1v) is 8.18. The maximum Gasteiger partial charge on any atom is 0.416 e. The molecule has 1 N–H and O–H groups in total. The van der Waals surface area contributed by atoms with Gasteiger partial charge in [-0.25, -0.2) is 0 Å². The fourth-order valence-corrected chi connectivity index (χ4v) is 2.55. The number of furan rings is 1. The number of carbonyl (C=O) groups is 1. The van der Waals surface area contributed by atoms with Crippen LogP contribution in [0.25, 0.3) is 11.6 Å². The summed E-state index contributed by atoms with van der Waals surface area (Å²) in [6.07, 6.45) is -1.33. The van der Waals surface area contributed by atoms with E-state index >= 15 is 0 Å². The van der Waals surface area contributed by atoms with Crippen molar-refractivity contribution in [3.8, 4) is 0 Å². The van der Waals surface area contributed by atoms with Crippen molar-refractivity contribution in [2.24, 2.45) is 0 Å². The standard InChI is InChI=1S/C21H16F3NO2/c22-21(23,24)17-9-4-6-15(12-17)14-25-20(26)19(13-18-10-5-11-27-18)16-7-2-1-3-8-16/h1-13H,14H2,(H,25,26)/b19-13+. The second-order valence-electron chi connectivity index (χ2n) is 5.82. The largest absolute Gasteiger partial charge is 0.465 e. The van der Waals surface area contributed by atoms with Crippen molar-refractivity contribution in [2.45, 2.75) is 12.7 Å². The van der Waals surface area contributed by atoms with Crippen LogP contribution in [0.2, 0.25) is 0 Å². The Hall–Kier alpha value is -3.28. The van der Waals surface area contributed by atoms with E-state index in [1.54, 1.807) is 42.5 Å². The van der Waals surface area contributed by atoms with Gasteiger partial charge in [-0.1, -0.05) is 42.5 Å². The Bertz CT molecular complexity index is 930. The Kier molecular flexibility index (Phi) is 5.45. The molecule has 27 heavy (non-hydrogen) atoms. The first kappa shape index (κ1) is 18.5. The molecule has 0 atom stereocenters. The SMILES string of the molecule is O=C(NCc1cccc(C(F)(F)F)c1)/C(=C/c1ccco1)c1ccccc1. The molecule has 0 spiro atoms. The van der Waals surface area contributed by atoms with Crippen LogP contribution in [0.1, 0.15) is 22.5 Å². The van der Waals surface area contributed by atoms with Crippen molar-refractivity contribution < 1.29 is 22.4 Å². The summed E-state index contributed by atoms with van der Waals surface area (Å²) in [6.45, 7) is -0.0227. The average molecular weight is 371 g/mol. The van der Waals surface area contributed by atoms with E-state index in [2.05, 4.69) is 5.32 Å². The average Bonchev–Trinajstić information content (AvgIpc) is 3.18. The zero-order chi connectivity index (χ0) is 19.3. The van der Waals surface area contributed by atoms with Gasteiger partial charge in [-0.05, 0) is 41.5 Å². The van der Waals surface area contributed by atoms with Crippen LogP contribution in [0.15, 0.2) is 77.4 Å². The molecular formula is C21H16F3NO2. The normalized spacial score (nSPS) is 12.0. The summed E-state index contributed by atoms with van der Waals surface area (Å²) < 4.78 is 43.7. The van der Waals surface area contributed by atoms with Crippen LogP contribution in [0.4, 0.5) is 13.2 Å². The predicted octanol–water partition coefficient (Wildman–Crippen LogP) is 5.16. The Balaban J connectivity index is 1.80. The molecule has 0 aliphatic heterocycles. The number of alkyl halides is 3. The van der Waals surface area contributed by atoms with Crippen molar-refractivity contribution in [1.82, 2.24) is 5.32 Å². The first-order chi connectivity index (χ1) is 12.9. The van der Waals surface area contributed by atoms with Gasteiger partial charge >= 0.3 is 6.18 Å². The molecule has 0 saturated heterocycles. The highest BCUT2D eigenvalue weighted by atomic mass is 19.4. The number of hydrogen-bond acceptors (Lipinski definition) is 2. The van der Waals surface area contributed by atoms with E-state index in [0.717, 1.165) is 12.1 Å². The van der Waals surface area contributed by atoms with E-state index in [9.17, 15) is 18.0 Å². The highest BCUT2D eigenvalue weighted by Gasteiger charge is 2.30. The molecule has 0 saturated carbocycles. The summed E-state index contributed by atoms with van der Waals surface area (Å²) >= 11 is 0. The quantitative estimate of drug-likeness (QED) is 0.630. The minimum Gasteiger partial charge on any atom is -0.465 e. The Morgan fingerprint density at radius 1 is 1.00 bits per heavy atom. The van der Waals surface area contributed by atoms with E-state index in [1.165, 1.54) is 18.4 Å². The molecule has 2 aromatic carbocycles. The minimum absolute atomic E-state index is 0.0227. The summed E-state index contributed by atoms with van der Waals surface area (Å²) in [4.78, 5) is 12.7. The Morgan fingerprint density at radius 2 is 1.78 bits per heavy atom. The summed E-state index contributed by atoms with van der Waals surface area (Å²) in [7, 11) is 0. The maximum atomic E-state index is 12.8. The van der Waals surface area contributed by atoms with Crippen LogP contribution < -0.4 is 5.32 Å². The van der Waals surface area contributed by atoms with E-state index in [4.69, 9.17) is 4.42 Å². The van der Waals surface area contributed by atoms with E-state index < -0.39 is 17.6 Å². The molecule has 138 valence electrons. The third-order valence-electron chi connectivity index (χ3n) is 3.87. The number of carbonyl (C=O) groups excluding carboxylic acids is 1. The lowest BCUT2D eigenvalue weighted by Crippen LogP contribution is -2.24. The smallest absolute Gasteiger partial charge is 0.416 e. The predicted molar refractivity (Wildman–Crippen MR) is 96.3 cm³/mol. The van der Waals surface area contributed by atoms with Crippen LogP contribution in [0, 0.1) is 0 Å². The topological polar surface area (TPSA) is 42.2 Å². The lowest BCUT2D eigenvalue weighted by atomic mass is 10.0. The van der Waals surface area contributed by atoms with Gasteiger partial charge in [-0.3, -0.25) is 4.79 Å². The van der Waals surface area contributed by atoms with Crippen molar-refractivity contribution in [2.75, 3.05) is 0 Å². The molecule has 0 bridgehead atoms. The molecule has 0 aliphatic carbocycles. The first-order valence-electron chi connectivity index (χ1n) is 8.18. The lowest BCUT2D eigenvalue weighted by Gasteiger charge is -2.11. The van der Waals surface area contributed by atoms with Gasteiger partial charge < -0.3 is 9.73 Å². The van der Waals surface area contributed by atoms with Crippen LogP contribution >= 0.6 is 0 Å². The summed E-state index contributed by atoms with van der Waals surface area (Å²) in [5.74, 6) is 0.0954. The number of rotatable bonds is 5. The molecule has 3 rings (SSSR count). The number of amides is 1. The molecule has 0 radical (unpaired) electrons. The van der Waals surface area contributed by atoms with Crippen LogP contribution in [-0.2, 0) is 17.5 Å². The van der Waals surface area contributed by atoms with Crippen molar-refractivity contribution in [3.63, 3.8) is 0 Å². The Labute approximate surface area is 154 Å². The van der Waals surface area contributed by atoms with Gasteiger partial charge in [-0.15, -0.1) is 0 Å². The number of hydrogen-bond donors (Lipinski definition) is 1. The van der Waals surface area contributed by atoms with Crippen LogP contribution in [0.5, 0.6) is 0 Å². The fraction of sp³-hybridized carbons (Fsp3) is 0.0952. The second-order valence-corrected chi connectivity index (χ2v) is 5.82. The van der Waals surface area contributed by atoms with Gasteiger partial charge in [0.25, 0.3) is 5.91 Å². The van der Waals surface area contributed by atoms with Gasteiger partial charge in [0.05, 0.1) is 17.4 Å². The molecule has 0 fully saturated rings. The molecule has 6 heteroatoms. The Morgan fingerprint density at radius 3 is 2.44 bits per heavy atom. The van der Waals surface area contributed by atoms with E-state index in [1.807, 2.05) is 6.07 Å². The minimum atomic E-state index is -4.42. The summed E-state index contributed by atoms with van der Waals surface area (Å²) in [5, 5.41) is 2.67. The number of nitrogens with one attached hydrogen (secondary N) is 1. The molecule has 1 heterocycles. The number of benzene rings is 2. The van der Waals surface area contributed by atoms with Gasteiger partial charge in [0, 0.05) is 6.54 Å². The van der Waals surface area contributed by atoms with E-state index in [-0.39, 0.29) is 6.54 Å². The fourth-order valence-electron chi connectivity index (χ4n) is 2.55. The summed E-state index contributed by atoms with van der Waals surface area (Å²) in [5.41, 5.74) is 0.653. The third-order valence-corrected chi connectivity index (χ3v) is 3.87. The van der Waals surface area contributed by atoms with Crippen molar-refractivity contribution in [3.05, 3.63) is 95.4 Å². The molecule has 0 unspecified atom stereocenters. The van der Waals surface area contributed by atoms with Crippen LogP contribution in [-0.4, -0.2) is 5.91 Å². The molecule has 3 aromatic rings. The molecular weight excluding hydrogens is 355 g/mol. The van der Waals surface area contributed by atoms with E-state index in [0.29, 0.717) is 22.5 Å².